The van der Waals surface area contributed by atoms with E-state index in [1.807, 2.05) is 12.1 Å². The molecule has 0 aromatic heterocycles. The normalized spacial score (nSPS) is 11.8. The number of aryl methyl sites for hydroxylation is 1. The number of rotatable bonds is 9. The summed E-state index contributed by atoms with van der Waals surface area (Å²) in [4.78, 5) is 0. The summed E-state index contributed by atoms with van der Waals surface area (Å²) in [6, 6.07) is 8.32. The SMILES string of the molecule is CC(C)(C)CCCCCCCCCc1ccc(N)cc1. The molecule has 0 amide bonds. The molecule has 0 fully saturated rings. The van der Waals surface area contributed by atoms with Crippen LogP contribution in [0, 0.1) is 5.41 Å². The maximum atomic E-state index is 5.69. The van der Waals surface area contributed by atoms with Crippen molar-refractivity contribution < 1.29 is 0 Å². The van der Waals surface area contributed by atoms with Gasteiger partial charge in [-0.3, -0.25) is 0 Å². The molecule has 114 valence electrons. The predicted octanol–water partition coefficient (Wildman–Crippen LogP) is 5.98. The quantitative estimate of drug-likeness (QED) is 0.435. The van der Waals surface area contributed by atoms with Crippen LogP contribution in [0.3, 0.4) is 0 Å². The number of anilines is 1. The van der Waals surface area contributed by atoms with E-state index in [-0.39, 0.29) is 0 Å². The zero-order chi connectivity index (χ0) is 14.8. The van der Waals surface area contributed by atoms with Crippen molar-refractivity contribution in [3.63, 3.8) is 0 Å². The van der Waals surface area contributed by atoms with Crippen molar-refractivity contribution in [2.45, 2.75) is 78.6 Å². The number of hydrogen-bond donors (Lipinski definition) is 1. The number of unbranched alkanes of at least 4 members (excludes halogenated alkanes) is 6. The maximum Gasteiger partial charge on any atom is 0.0314 e. The Morgan fingerprint density at radius 2 is 1.25 bits per heavy atom. The Hall–Kier alpha value is -0.980. The van der Waals surface area contributed by atoms with Gasteiger partial charge in [-0.25, -0.2) is 0 Å². The van der Waals surface area contributed by atoms with Crippen molar-refractivity contribution in [2.75, 3.05) is 5.73 Å². The summed E-state index contributed by atoms with van der Waals surface area (Å²) in [5, 5.41) is 0. The largest absolute Gasteiger partial charge is 0.399 e. The van der Waals surface area contributed by atoms with E-state index in [0.717, 1.165) is 5.69 Å². The molecule has 0 saturated carbocycles. The molecule has 1 rings (SSSR count). The molecule has 0 unspecified atom stereocenters. The number of hydrogen-bond acceptors (Lipinski definition) is 1. The molecule has 0 saturated heterocycles. The third-order valence-corrected chi connectivity index (χ3v) is 3.87. The molecule has 0 aliphatic carbocycles. The summed E-state index contributed by atoms with van der Waals surface area (Å²) in [6.45, 7) is 7.01. The van der Waals surface area contributed by atoms with Crippen molar-refractivity contribution in [2.24, 2.45) is 5.41 Å². The molecule has 0 radical (unpaired) electrons. The Kier molecular flexibility index (Phi) is 7.72. The van der Waals surface area contributed by atoms with Crippen molar-refractivity contribution in [3.8, 4) is 0 Å². The van der Waals surface area contributed by atoms with Gasteiger partial charge in [-0.2, -0.15) is 0 Å². The molecule has 0 aliphatic rings. The number of nitrogens with two attached hydrogens (primary N) is 1. The summed E-state index contributed by atoms with van der Waals surface area (Å²) in [5.74, 6) is 0. The van der Waals surface area contributed by atoms with Gasteiger partial charge in [-0.05, 0) is 42.4 Å². The first-order valence-corrected chi connectivity index (χ1v) is 8.32. The first kappa shape index (κ1) is 17.1. The fourth-order valence-electron chi connectivity index (χ4n) is 2.55. The summed E-state index contributed by atoms with van der Waals surface area (Å²) in [6.07, 6.45) is 12.3. The molecular weight excluding hydrogens is 242 g/mol. The van der Waals surface area contributed by atoms with Crippen LogP contribution in [0.4, 0.5) is 5.69 Å². The lowest BCUT2D eigenvalue weighted by Crippen LogP contribution is -2.03. The van der Waals surface area contributed by atoms with Crippen LogP contribution in [-0.4, -0.2) is 0 Å². The average molecular weight is 275 g/mol. The van der Waals surface area contributed by atoms with Gasteiger partial charge in [0.25, 0.3) is 0 Å². The van der Waals surface area contributed by atoms with Gasteiger partial charge in [0.15, 0.2) is 0 Å². The second-order valence-corrected chi connectivity index (χ2v) is 7.28. The van der Waals surface area contributed by atoms with Gasteiger partial charge in [0.1, 0.15) is 0 Å². The highest BCUT2D eigenvalue weighted by molar-refractivity contribution is 5.39. The molecule has 0 heterocycles. The van der Waals surface area contributed by atoms with Crippen LogP contribution in [0.1, 0.15) is 77.7 Å². The molecule has 0 atom stereocenters. The zero-order valence-electron chi connectivity index (χ0n) is 13.8. The van der Waals surface area contributed by atoms with Crippen LogP contribution in [0.2, 0.25) is 0 Å². The van der Waals surface area contributed by atoms with Gasteiger partial charge < -0.3 is 5.73 Å². The highest BCUT2D eigenvalue weighted by atomic mass is 14.5. The molecule has 2 N–H and O–H groups in total. The topological polar surface area (TPSA) is 26.0 Å². The van der Waals surface area contributed by atoms with Crippen molar-refractivity contribution in [1.29, 1.82) is 0 Å². The van der Waals surface area contributed by atoms with E-state index in [2.05, 4.69) is 32.9 Å². The minimum Gasteiger partial charge on any atom is -0.399 e. The first-order chi connectivity index (χ1) is 9.47. The lowest BCUT2D eigenvalue weighted by atomic mass is 9.89. The van der Waals surface area contributed by atoms with Crippen LogP contribution in [0.15, 0.2) is 24.3 Å². The molecular formula is C19H33N. The Labute approximate surface area is 126 Å². The fraction of sp³-hybridized carbons (Fsp3) is 0.684. The van der Waals surface area contributed by atoms with Gasteiger partial charge >= 0.3 is 0 Å². The molecule has 1 aromatic rings. The van der Waals surface area contributed by atoms with Crippen molar-refractivity contribution in [1.82, 2.24) is 0 Å². The Balaban J connectivity index is 1.91. The van der Waals surface area contributed by atoms with Crippen LogP contribution in [-0.2, 0) is 6.42 Å². The minimum atomic E-state index is 0.513. The van der Waals surface area contributed by atoms with Gasteiger partial charge in [0, 0.05) is 5.69 Å². The van der Waals surface area contributed by atoms with Gasteiger partial charge in [0.05, 0.1) is 0 Å². The second-order valence-electron chi connectivity index (χ2n) is 7.28. The standard InChI is InChI=1S/C19H33N/c1-19(2,3)16-10-8-6-4-5-7-9-11-17-12-14-18(20)15-13-17/h12-15H,4-11,16,20H2,1-3H3. The summed E-state index contributed by atoms with van der Waals surface area (Å²) >= 11 is 0. The molecule has 1 aromatic carbocycles. The van der Waals surface area contributed by atoms with Crippen molar-refractivity contribution >= 4 is 5.69 Å². The van der Waals surface area contributed by atoms with E-state index in [4.69, 9.17) is 5.73 Å². The Bertz CT molecular complexity index is 345. The number of nitrogen functional groups attached to an aromatic ring is 1. The van der Waals surface area contributed by atoms with E-state index < -0.39 is 0 Å². The van der Waals surface area contributed by atoms with Crippen LogP contribution in [0.25, 0.3) is 0 Å². The highest BCUT2D eigenvalue weighted by Crippen LogP contribution is 2.22. The minimum absolute atomic E-state index is 0.513. The Morgan fingerprint density at radius 1 is 0.750 bits per heavy atom. The van der Waals surface area contributed by atoms with Gasteiger partial charge in [-0.1, -0.05) is 71.4 Å². The fourth-order valence-corrected chi connectivity index (χ4v) is 2.55. The van der Waals surface area contributed by atoms with Gasteiger partial charge in [0.2, 0.25) is 0 Å². The molecule has 20 heavy (non-hydrogen) atoms. The highest BCUT2D eigenvalue weighted by Gasteiger charge is 2.08. The summed E-state index contributed by atoms with van der Waals surface area (Å²) < 4.78 is 0. The monoisotopic (exact) mass is 275 g/mol. The van der Waals surface area contributed by atoms with Crippen LogP contribution < -0.4 is 5.73 Å². The first-order valence-electron chi connectivity index (χ1n) is 8.32. The number of benzene rings is 1. The lowest BCUT2D eigenvalue weighted by Gasteiger charge is -2.17. The van der Waals surface area contributed by atoms with Crippen LogP contribution >= 0.6 is 0 Å². The van der Waals surface area contributed by atoms with Crippen molar-refractivity contribution in [3.05, 3.63) is 29.8 Å². The molecule has 1 nitrogen and oxygen atoms in total. The maximum absolute atomic E-state index is 5.69. The zero-order valence-corrected chi connectivity index (χ0v) is 13.8. The molecule has 0 spiro atoms. The third-order valence-electron chi connectivity index (χ3n) is 3.87. The molecule has 0 bridgehead atoms. The van der Waals surface area contributed by atoms with Crippen LogP contribution in [0.5, 0.6) is 0 Å². The summed E-state index contributed by atoms with van der Waals surface area (Å²) in [5.41, 5.74) is 8.49. The molecule has 0 aliphatic heterocycles. The summed E-state index contributed by atoms with van der Waals surface area (Å²) in [7, 11) is 0. The van der Waals surface area contributed by atoms with E-state index in [1.165, 1.54) is 63.4 Å². The van der Waals surface area contributed by atoms with E-state index in [9.17, 15) is 0 Å². The van der Waals surface area contributed by atoms with E-state index in [1.54, 1.807) is 0 Å². The molecule has 1 heteroatoms. The second kappa shape index (κ2) is 9.05. The third kappa shape index (κ3) is 9.01. The smallest absolute Gasteiger partial charge is 0.0314 e. The predicted molar refractivity (Wildman–Crippen MR) is 90.9 cm³/mol. The lowest BCUT2D eigenvalue weighted by molar-refractivity contribution is 0.356. The van der Waals surface area contributed by atoms with E-state index >= 15 is 0 Å². The Morgan fingerprint density at radius 3 is 1.80 bits per heavy atom. The van der Waals surface area contributed by atoms with E-state index in [0.29, 0.717) is 5.41 Å². The average Bonchev–Trinajstić information content (AvgIpc) is 2.37. The van der Waals surface area contributed by atoms with Gasteiger partial charge in [-0.15, -0.1) is 0 Å².